The topological polar surface area (TPSA) is 68.5 Å². The zero-order valence-corrected chi connectivity index (χ0v) is 11.6. The van der Waals surface area contributed by atoms with Crippen molar-refractivity contribution in [3.8, 4) is 0 Å². The first-order chi connectivity index (χ1) is 9.24. The second-order valence-corrected chi connectivity index (χ2v) is 4.68. The van der Waals surface area contributed by atoms with Gasteiger partial charge in [-0.25, -0.2) is 0 Å². The largest absolute Gasteiger partial charge is 0.465 e. The van der Waals surface area contributed by atoms with Gasteiger partial charge in [0.05, 0.1) is 13.2 Å². The number of carbonyl (C=O) groups is 1. The minimum atomic E-state index is -0.175. The van der Waals surface area contributed by atoms with E-state index >= 15 is 0 Å². The van der Waals surface area contributed by atoms with E-state index in [2.05, 4.69) is 15.1 Å². The van der Waals surface area contributed by atoms with Crippen LogP contribution >= 0.6 is 0 Å². The molecule has 1 aromatic rings. The molecule has 1 aliphatic rings. The molecular formula is C13H21N3O3. The summed E-state index contributed by atoms with van der Waals surface area (Å²) in [5, 5.41) is 7.96. The molecule has 1 atom stereocenters. The summed E-state index contributed by atoms with van der Waals surface area (Å²) >= 11 is 0. The van der Waals surface area contributed by atoms with Gasteiger partial charge in [0.15, 0.2) is 0 Å². The van der Waals surface area contributed by atoms with Gasteiger partial charge in [-0.15, -0.1) is 10.2 Å². The Balaban J connectivity index is 2.00. The minimum Gasteiger partial charge on any atom is -0.465 e. The molecule has 2 rings (SSSR count). The number of likely N-dealkylation sites (tertiary alicyclic amines) is 1. The average Bonchev–Trinajstić information content (AvgIpc) is 2.87. The van der Waals surface area contributed by atoms with E-state index in [0.717, 1.165) is 32.2 Å². The number of rotatable bonds is 5. The molecule has 1 saturated heterocycles. The normalized spacial score (nSPS) is 20.4. The summed E-state index contributed by atoms with van der Waals surface area (Å²) in [6, 6.07) is -0.175. The van der Waals surface area contributed by atoms with E-state index < -0.39 is 0 Å². The lowest BCUT2D eigenvalue weighted by atomic mass is 10.0. The lowest BCUT2D eigenvalue weighted by molar-refractivity contribution is -0.151. The van der Waals surface area contributed by atoms with E-state index in [1.807, 2.05) is 13.8 Å². The van der Waals surface area contributed by atoms with Crippen LogP contribution in [-0.4, -0.2) is 40.3 Å². The zero-order valence-electron chi connectivity index (χ0n) is 11.6. The molecule has 0 radical (unpaired) electrons. The van der Waals surface area contributed by atoms with Gasteiger partial charge in [0, 0.05) is 6.42 Å². The molecule has 0 amide bonds. The Labute approximate surface area is 113 Å². The maximum atomic E-state index is 11.9. The number of carbonyl (C=O) groups excluding carboxylic acids is 1. The Morgan fingerprint density at radius 2 is 2.16 bits per heavy atom. The van der Waals surface area contributed by atoms with Gasteiger partial charge in [0.1, 0.15) is 6.04 Å². The molecule has 6 nitrogen and oxygen atoms in total. The Morgan fingerprint density at radius 1 is 1.37 bits per heavy atom. The minimum absolute atomic E-state index is 0.141. The van der Waals surface area contributed by atoms with Crippen molar-refractivity contribution in [1.82, 2.24) is 15.1 Å². The molecule has 0 N–H and O–H groups in total. The molecule has 1 aromatic heterocycles. The standard InChI is InChI=1S/C13H21N3O3/c1-3-11-14-15-12(19-11)9-16-8-6-5-7-10(16)13(17)18-4-2/h10H,3-9H2,1-2H3. The summed E-state index contributed by atoms with van der Waals surface area (Å²) in [4.78, 5) is 14.0. The Kier molecular flexibility index (Phi) is 4.90. The van der Waals surface area contributed by atoms with Crippen LogP contribution in [0.2, 0.25) is 0 Å². The Bertz CT molecular complexity index is 419. The molecular weight excluding hydrogens is 246 g/mol. The number of piperidine rings is 1. The Hall–Kier alpha value is -1.43. The molecule has 0 aromatic carbocycles. The summed E-state index contributed by atoms with van der Waals surface area (Å²) in [5.41, 5.74) is 0. The fourth-order valence-corrected chi connectivity index (χ4v) is 2.35. The lowest BCUT2D eigenvalue weighted by Gasteiger charge is -2.32. The van der Waals surface area contributed by atoms with Crippen molar-refractivity contribution >= 4 is 5.97 Å². The monoisotopic (exact) mass is 267 g/mol. The van der Waals surface area contributed by atoms with Crippen LogP contribution in [0, 0.1) is 0 Å². The highest BCUT2D eigenvalue weighted by Gasteiger charge is 2.30. The van der Waals surface area contributed by atoms with E-state index in [4.69, 9.17) is 9.15 Å². The van der Waals surface area contributed by atoms with E-state index in [9.17, 15) is 4.79 Å². The van der Waals surface area contributed by atoms with Crippen molar-refractivity contribution in [2.24, 2.45) is 0 Å². The highest BCUT2D eigenvalue weighted by atomic mass is 16.5. The number of hydrogen-bond acceptors (Lipinski definition) is 6. The number of ether oxygens (including phenoxy) is 1. The molecule has 0 saturated carbocycles. The fourth-order valence-electron chi connectivity index (χ4n) is 2.35. The van der Waals surface area contributed by atoms with Gasteiger partial charge in [0.25, 0.3) is 0 Å². The summed E-state index contributed by atoms with van der Waals surface area (Å²) in [7, 11) is 0. The van der Waals surface area contributed by atoms with Crippen LogP contribution in [-0.2, 0) is 22.5 Å². The fraction of sp³-hybridized carbons (Fsp3) is 0.769. The number of nitrogens with zero attached hydrogens (tertiary/aromatic N) is 3. The second-order valence-electron chi connectivity index (χ2n) is 4.68. The van der Waals surface area contributed by atoms with Crippen LogP contribution < -0.4 is 0 Å². The molecule has 1 aliphatic heterocycles. The van der Waals surface area contributed by atoms with Crippen molar-refractivity contribution < 1.29 is 13.9 Å². The quantitative estimate of drug-likeness (QED) is 0.754. The maximum Gasteiger partial charge on any atom is 0.323 e. The first kappa shape index (κ1) is 14.0. The Morgan fingerprint density at radius 3 is 2.84 bits per heavy atom. The van der Waals surface area contributed by atoms with Crippen molar-refractivity contribution in [3.05, 3.63) is 11.8 Å². The molecule has 2 heterocycles. The van der Waals surface area contributed by atoms with Gasteiger partial charge < -0.3 is 9.15 Å². The van der Waals surface area contributed by atoms with Crippen LogP contribution in [0.5, 0.6) is 0 Å². The highest BCUT2D eigenvalue weighted by molar-refractivity contribution is 5.75. The molecule has 1 unspecified atom stereocenters. The average molecular weight is 267 g/mol. The van der Waals surface area contributed by atoms with Crippen molar-refractivity contribution in [1.29, 1.82) is 0 Å². The predicted molar refractivity (Wildman–Crippen MR) is 68.4 cm³/mol. The number of esters is 1. The van der Waals surface area contributed by atoms with Gasteiger partial charge in [0.2, 0.25) is 11.8 Å². The van der Waals surface area contributed by atoms with E-state index in [1.54, 1.807) is 0 Å². The molecule has 0 aliphatic carbocycles. The van der Waals surface area contributed by atoms with Crippen LogP contribution in [0.1, 0.15) is 44.9 Å². The van der Waals surface area contributed by atoms with Gasteiger partial charge in [-0.2, -0.15) is 0 Å². The molecule has 1 fully saturated rings. The SMILES string of the molecule is CCOC(=O)C1CCCCN1Cc1nnc(CC)o1. The lowest BCUT2D eigenvalue weighted by Crippen LogP contribution is -2.45. The maximum absolute atomic E-state index is 11.9. The number of aromatic nitrogens is 2. The van der Waals surface area contributed by atoms with E-state index in [-0.39, 0.29) is 12.0 Å². The molecule has 19 heavy (non-hydrogen) atoms. The highest BCUT2D eigenvalue weighted by Crippen LogP contribution is 2.20. The van der Waals surface area contributed by atoms with E-state index in [1.165, 1.54) is 0 Å². The van der Waals surface area contributed by atoms with Crippen LogP contribution in [0.15, 0.2) is 4.42 Å². The summed E-state index contributed by atoms with van der Waals surface area (Å²) in [5.74, 6) is 1.07. The second kappa shape index (κ2) is 6.65. The van der Waals surface area contributed by atoms with Crippen molar-refractivity contribution in [3.63, 3.8) is 0 Å². The van der Waals surface area contributed by atoms with Crippen molar-refractivity contribution in [2.45, 2.75) is 52.1 Å². The van der Waals surface area contributed by atoms with Gasteiger partial charge in [-0.05, 0) is 26.3 Å². The third-order valence-electron chi connectivity index (χ3n) is 3.32. The van der Waals surface area contributed by atoms with Crippen LogP contribution in [0.3, 0.4) is 0 Å². The van der Waals surface area contributed by atoms with Crippen molar-refractivity contribution in [2.75, 3.05) is 13.2 Å². The van der Waals surface area contributed by atoms with E-state index in [0.29, 0.717) is 24.9 Å². The van der Waals surface area contributed by atoms with Crippen LogP contribution in [0.4, 0.5) is 0 Å². The number of aryl methyl sites for hydroxylation is 1. The van der Waals surface area contributed by atoms with Crippen LogP contribution in [0.25, 0.3) is 0 Å². The van der Waals surface area contributed by atoms with Gasteiger partial charge in [-0.3, -0.25) is 9.69 Å². The first-order valence-corrected chi connectivity index (χ1v) is 6.96. The summed E-state index contributed by atoms with van der Waals surface area (Å²) in [6.07, 6.45) is 3.72. The molecule has 106 valence electrons. The third-order valence-corrected chi connectivity index (χ3v) is 3.32. The smallest absolute Gasteiger partial charge is 0.323 e. The molecule has 6 heteroatoms. The molecule has 0 spiro atoms. The predicted octanol–water partition coefficient (Wildman–Crippen LogP) is 1.55. The van der Waals surface area contributed by atoms with Gasteiger partial charge in [-0.1, -0.05) is 13.3 Å². The third kappa shape index (κ3) is 3.53. The van der Waals surface area contributed by atoms with Gasteiger partial charge >= 0.3 is 5.97 Å². The number of hydrogen-bond donors (Lipinski definition) is 0. The summed E-state index contributed by atoms with van der Waals surface area (Å²) in [6.45, 7) is 5.61. The first-order valence-electron chi connectivity index (χ1n) is 6.96. The zero-order chi connectivity index (χ0) is 13.7. The summed E-state index contributed by atoms with van der Waals surface area (Å²) < 4.78 is 10.6. The molecule has 0 bridgehead atoms.